The van der Waals surface area contributed by atoms with Crippen LogP contribution in [0.15, 0.2) is 51.7 Å². The van der Waals surface area contributed by atoms with Crippen molar-refractivity contribution in [3.8, 4) is 28.7 Å². The first-order valence-corrected chi connectivity index (χ1v) is 10.4. The molecule has 1 amide bonds. The first-order chi connectivity index (χ1) is 16.3. The number of carbonyl (C=O) groups excluding carboxylic acids is 1. The summed E-state index contributed by atoms with van der Waals surface area (Å²) in [5, 5.41) is 13.4. The average molecular weight is 469 g/mol. The predicted molar refractivity (Wildman–Crippen MR) is 126 cm³/mol. The quantitative estimate of drug-likeness (QED) is 0.485. The molecule has 0 unspecified atom stereocenters. The first-order valence-electron chi connectivity index (χ1n) is 10.4. The van der Waals surface area contributed by atoms with Crippen molar-refractivity contribution < 1.29 is 33.3 Å². The summed E-state index contributed by atoms with van der Waals surface area (Å²) in [6.07, 6.45) is -0.175. The van der Waals surface area contributed by atoms with Crippen LogP contribution >= 0.6 is 0 Å². The smallest absolute Gasteiger partial charge is 0.343 e. The molecule has 0 bridgehead atoms. The lowest BCUT2D eigenvalue weighted by Crippen LogP contribution is -2.21. The Kier molecular flexibility index (Phi) is 7.68. The summed E-state index contributed by atoms with van der Waals surface area (Å²) in [5.41, 5.74) is 0.249. The molecule has 0 spiro atoms. The second-order valence-electron chi connectivity index (χ2n) is 7.44. The molecule has 3 rings (SSSR count). The van der Waals surface area contributed by atoms with Gasteiger partial charge in [-0.05, 0) is 48.9 Å². The van der Waals surface area contributed by atoms with Gasteiger partial charge in [0.25, 0.3) is 0 Å². The highest BCUT2D eigenvalue weighted by Gasteiger charge is 2.28. The van der Waals surface area contributed by atoms with E-state index in [2.05, 4.69) is 5.32 Å². The largest absolute Gasteiger partial charge is 0.507 e. The topological polar surface area (TPSA) is 116 Å². The number of aromatic hydroxyl groups is 1. The molecule has 2 aromatic carbocycles. The summed E-state index contributed by atoms with van der Waals surface area (Å²) in [4.78, 5) is 25.8. The van der Waals surface area contributed by atoms with Gasteiger partial charge in [0.15, 0.2) is 11.5 Å². The van der Waals surface area contributed by atoms with Gasteiger partial charge >= 0.3 is 5.63 Å². The molecule has 1 atom stereocenters. The third-order valence-electron chi connectivity index (χ3n) is 5.29. The van der Waals surface area contributed by atoms with Gasteiger partial charge in [0.1, 0.15) is 17.3 Å². The van der Waals surface area contributed by atoms with Crippen LogP contribution < -0.4 is 29.9 Å². The molecule has 2 N–H and O–H groups in total. The van der Waals surface area contributed by atoms with Gasteiger partial charge in [0.2, 0.25) is 11.7 Å². The van der Waals surface area contributed by atoms with E-state index in [1.165, 1.54) is 27.4 Å². The highest BCUT2D eigenvalue weighted by atomic mass is 16.5. The van der Waals surface area contributed by atoms with Gasteiger partial charge < -0.3 is 33.8 Å². The normalized spacial score (nSPS) is 11.4. The number of methoxy groups -OCH3 is 4. The Hall–Kier alpha value is -4.14. The van der Waals surface area contributed by atoms with Crippen molar-refractivity contribution in [2.24, 2.45) is 0 Å². The van der Waals surface area contributed by atoms with Crippen LogP contribution in [0.25, 0.3) is 0 Å². The molecule has 0 aliphatic carbocycles. The van der Waals surface area contributed by atoms with Gasteiger partial charge in [0, 0.05) is 24.1 Å². The van der Waals surface area contributed by atoms with Gasteiger partial charge in [-0.25, -0.2) is 4.79 Å². The van der Waals surface area contributed by atoms with Crippen molar-refractivity contribution in [1.29, 1.82) is 0 Å². The SMILES string of the molecule is COc1ccc(NC(=O)C[C@@H](c2cc(OC)c(OC)c(OC)c2)c2c(O)cc(C)oc2=O)cc1. The molecule has 180 valence electrons. The van der Waals surface area contributed by atoms with E-state index in [1.807, 2.05) is 0 Å². The van der Waals surface area contributed by atoms with Gasteiger partial charge in [-0.1, -0.05) is 0 Å². The van der Waals surface area contributed by atoms with E-state index < -0.39 is 11.5 Å². The molecule has 0 aliphatic rings. The molecule has 34 heavy (non-hydrogen) atoms. The number of ether oxygens (including phenoxy) is 4. The molecule has 1 aromatic heterocycles. The zero-order chi connectivity index (χ0) is 24.8. The average Bonchev–Trinajstić information content (AvgIpc) is 2.82. The summed E-state index contributed by atoms with van der Waals surface area (Å²) in [6.45, 7) is 1.55. The van der Waals surface area contributed by atoms with E-state index >= 15 is 0 Å². The number of rotatable bonds is 9. The van der Waals surface area contributed by atoms with Crippen molar-refractivity contribution >= 4 is 11.6 Å². The minimum absolute atomic E-state index is 0.0512. The molecule has 0 aliphatic heterocycles. The van der Waals surface area contributed by atoms with Gasteiger partial charge in [0.05, 0.1) is 34.0 Å². The van der Waals surface area contributed by atoms with Crippen molar-refractivity contribution in [3.05, 3.63) is 69.8 Å². The zero-order valence-electron chi connectivity index (χ0n) is 19.6. The zero-order valence-corrected chi connectivity index (χ0v) is 19.6. The van der Waals surface area contributed by atoms with Crippen molar-refractivity contribution in [2.75, 3.05) is 33.8 Å². The minimum atomic E-state index is -0.871. The number of carbonyl (C=O) groups is 1. The summed E-state index contributed by atoms with van der Waals surface area (Å²) in [7, 11) is 5.95. The molecule has 3 aromatic rings. The standard InChI is InChI=1S/C25H27NO8/c1-14-10-19(27)23(25(29)34-14)18(13-22(28)26-16-6-8-17(30-2)9-7-16)15-11-20(31-3)24(33-5)21(12-15)32-4/h6-12,18,27H,13H2,1-5H3,(H,26,28)/t18-/m0/s1. The Bertz CT molecular complexity index is 1190. The maximum Gasteiger partial charge on any atom is 0.343 e. The van der Waals surface area contributed by atoms with E-state index in [0.29, 0.717) is 34.2 Å². The predicted octanol–water partition coefficient (Wildman–Crippen LogP) is 3.85. The number of benzene rings is 2. The van der Waals surface area contributed by atoms with Crippen LogP contribution in [-0.2, 0) is 4.79 Å². The number of hydrogen-bond donors (Lipinski definition) is 2. The van der Waals surface area contributed by atoms with E-state index in [9.17, 15) is 14.7 Å². The van der Waals surface area contributed by atoms with E-state index in [-0.39, 0.29) is 29.4 Å². The summed E-state index contributed by atoms with van der Waals surface area (Å²) in [5.74, 6) is 0.405. The number of aryl methyl sites for hydroxylation is 1. The fourth-order valence-corrected chi connectivity index (χ4v) is 3.69. The number of amides is 1. The van der Waals surface area contributed by atoms with E-state index in [1.54, 1.807) is 50.4 Å². The van der Waals surface area contributed by atoms with Crippen LogP contribution in [0.3, 0.4) is 0 Å². The lowest BCUT2D eigenvalue weighted by molar-refractivity contribution is -0.116. The molecular formula is C25H27NO8. The number of hydrogen-bond acceptors (Lipinski definition) is 8. The van der Waals surface area contributed by atoms with E-state index in [4.69, 9.17) is 23.4 Å². The Morgan fingerprint density at radius 2 is 1.59 bits per heavy atom. The maximum absolute atomic E-state index is 13.0. The number of nitrogens with one attached hydrogen (secondary N) is 1. The lowest BCUT2D eigenvalue weighted by atomic mass is 9.88. The molecule has 1 heterocycles. The van der Waals surface area contributed by atoms with Crippen LogP contribution in [0.1, 0.15) is 29.2 Å². The van der Waals surface area contributed by atoms with Gasteiger partial charge in [-0.15, -0.1) is 0 Å². The Morgan fingerprint density at radius 3 is 2.09 bits per heavy atom. The molecule has 0 saturated carbocycles. The maximum atomic E-state index is 13.0. The molecule has 0 radical (unpaired) electrons. The van der Waals surface area contributed by atoms with Gasteiger partial charge in [-0.3, -0.25) is 4.79 Å². The van der Waals surface area contributed by atoms with Crippen molar-refractivity contribution in [2.45, 2.75) is 19.3 Å². The van der Waals surface area contributed by atoms with Gasteiger partial charge in [-0.2, -0.15) is 0 Å². The Morgan fingerprint density at radius 1 is 0.971 bits per heavy atom. The van der Waals surface area contributed by atoms with Crippen molar-refractivity contribution in [1.82, 2.24) is 0 Å². The van der Waals surface area contributed by atoms with Crippen molar-refractivity contribution in [3.63, 3.8) is 0 Å². The van der Waals surface area contributed by atoms with Crippen LogP contribution in [-0.4, -0.2) is 39.5 Å². The second kappa shape index (κ2) is 10.7. The van der Waals surface area contributed by atoms with Crippen LogP contribution in [0, 0.1) is 6.92 Å². The monoisotopic (exact) mass is 469 g/mol. The van der Waals surface area contributed by atoms with Crippen LogP contribution in [0.4, 0.5) is 5.69 Å². The minimum Gasteiger partial charge on any atom is -0.507 e. The third kappa shape index (κ3) is 5.25. The first kappa shape index (κ1) is 24.5. The fourth-order valence-electron chi connectivity index (χ4n) is 3.69. The Labute approximate surface area is 196 Å². The summed E-state index contributed by atoms with van der Waals surface area (Å²) in [6, 6.07) is 11.4. The van der Waals surface area contributed by atoms with Crippen LogP contribution in [0.5, 0.6) is 28.7 Å². The second-order valence-corrected chi connectivity index (χ2v) is 7.44. The Balaban J connectivity index is 2.07. The number of anilines is 1. The summed E-state index contributed by atoms with van der Waals surface area (Å²) >= 11 is 0. The molecule has 9 heteroatoms. The molecule has 0 saturated heterocycles. The highest BCUT2D eigenvalue weighted by Crippen LogP contribution is 2.43. The third-order valence-corrected chi connectivity index (χ3v) is 5.29. The molecular weight excluding hydrogens is 442 g/mol. The fraction of sp³-hybridized carbons (Fsp3) is 0.280. The summed E-state index contributed by atoms with van der Waals surface area (Å²) < 4.78 is 26.6. The van der Waals surface area contributed by atoms with Crippen LogP contribution in [0.2, 0.25) is 0 Å². The van der Waals surface area contributed by atoms with E-state index in [0.717, 1.165) is 0 Å². The highest BCUT2D eigenvalue weighted by molar-refractivity contribution is 5.91. The molecule has 9 nitrogen and oxygen atoms in total. The lowest BCUT2D eigenvalue weighted by Gasteiger charge is -2.21. The molecule has 0 fully saturated rings.